The Hall–Kier alpha value is -0.810. The maximum atomic E-state index is 12.2. The van der Waals surface area contributed by atoms with Gasteiger partial charge in [-0.25, -0.2) is 4.98 Å². The van der Waals surface area contributed by atoms with Gasteiger partial charge in [-0.3, -0.25) is 0 Å². The third kappa shape index (κ3) is 2.32. The molecule has 0 fully saturated rings. The van der Waals surface area contributed by atoms with Crippen molar-refractivity contribution < 1.29 is 18.3 Å². The van der Waals surface area contributed by atoms with Gasteiger partial charge in [0, 0.05) is 6.20 Å². The molecule has 0 atom stereocenters. The van der Waals surface area contributed by atoms with E-state index in [9.17, 15) is 13.2 Å². The fourth-order valence-electron chi connectivity index (χ4n) is 0.777. The molecule has 0 aromatic carbocycles. The Kier molecular flexibility index (Phi) is 2.77. The molecule has 0 spiro atoms. The molecule has 0 amide bonds. The van der Waals surface area contributed by atoms with Gasteiger partial charge in [-0.15, -0.1) is 0 Å². The largest absolute Gasteiger partial charge is 0.419 e. The fraction of sp³-hybridized carbons (Fsp3) is 0.286. The van der Waals surface area contributed by atoms with Crippen LogP contribution in [0.5, 0.6) is 0 Å². The first kappa shape index (κ1) is 10.3. The van der Waals surface area contributed by atoms with Gasteiger partial charge >= 0.3 is 6.18 Å². The van der Waals surface area contributed by atoms with Gasteiger partial charge in [-0.1, -0.05) is 11.6 Å². The van der Waals surface area contributed by atoms with Gasteiger partial charge < -0.3 is 5.11 Å². The van der Waals surface area contributed by atoms with Crippen molar-refractivity contribution in [1.29, 1.82) is 0 Å². The molecule has 0 aliphatic heterocycles. The van der Waals surface area contributed by atoms with E-state index in [2.05, 4.69) is 4.98 Å². The van der Waals surface area contributed by atoms with Gasteiger partial charge in [0.2, 0.25) is 0 Å². The summed E-state index contributed by atoms with van der Waals surface area (Å²) in [5, 5.41) is 7.96. The average Bonchev–Trinajstić information content (AvgIpc) is 2.03. The number of pyridine rings is 1. The molecule has 6 heteroatoms. The Bertz CT molecular complexity index is 313. The minimum absolute atomic E-state index is 0.0803. The maximum absolute atomic E-state index is 12.2. The second kappa shape index (κ2) is 3.51. The summed E-state index contributed by atoms with van der Waals surface area (Å²) in [7, 11) is 0. The van der Waals surface area contributed by atoms with E-state index in [1.165, 1.54) is 0 Å². The normalized spacial score (nSPS) is 11.8. The molecular formula is C7H5ClF3NO. The van der Waals surface area contributed by atoms with Crippen LogP contribution in [0.25, 0.3) is 0 Å². The lowest BCUT2D eigenvalue weighted by molar-refractivity contribution is -0.137. The van der Waals surface area contributed by atoms with E-state index in [4.69, 9.17) is 16.7 Å². The molecule has 0 saturated heterocycles. The van der Waals surface area contributed by atoms with E-state index in [1.807, 2.05) is 0 Å². The third-order valence-electron chi connectivity index (χ3n) is 1.38. The number of hydrogen-bond donors (Lipinski definition) is 1. The van der Waals surface area contributed by atoms with Crippen LogP contribution >= 0.6 is 11.6 Å². The van der Waals surface area contributed by atoms with Crippen molar-refractivity contribution in [2.45, 2.75) is 12.8 Å². The highest BCUT2D eigenvalue weighted by atomic mass is 35.5. The molecule has 1 aromatic rings. The molecule has 0 bridgehead atoms. The lowest BCUT2D eigenvalue weighted by Gasteiger charge is -2.08. The maximum Gasteiger partial charge on any atom is 0.419 e. The van der Waals surface area contributed by atoms with Gasteiger partial charge in [-0.05, 0) is 11.6 Å². The van der Waals surface area contributed by atoms with Crippen molar-refractivity contribution >= 4 is 11.6 Å². The second-order valence-corrected chi connectivity index (χ2v) is 2.70. The van der Waals surface area contributed by atoms with E-state index in [0.29, 0.717) is 0 Å². The van der Waals surface area contributed by atoms with Gasteiger partial charge in [0.25, 0.3) is 0 Å². The zero-order valence-electron chi connectivity index (χ0n) is 6.27. The van der Waals surface area contributed by atoms with Crippen LogP contribution in [0.2, 0.25) is 5.15 Å². The Morgan fingerprint density at radius 1 is 1.46 bits per heavy atom. The topological polar surface area (TPSA) is 33.1 Å². The van der Waals surface area contributed by atoms with Crippen molar-refractivity contribution in [3.8, 4) is 0 Å². The summed E-state index contributed by atoms with van der Waals surface area (Å²) in [6.07, 6.45) is -3.44. The molecule has 0 unspecified atom stereocenters. The van der Waals surface area contributed by atoms with Crippen LogP contribution in [0.1, 0.15) is 11.1 Å². The number of alkyl halides is 3. The number of aromatic nitrogens is 1. The fourth-order valence-corrected chi connectivity index (χ4v) is 0.987. The molecule has 1 N–H and O–H groups in total. The van der Waals surface area contributed by atoms with Crippen LogP contribution in [-0.4, -0.2) is 10.1 Å². The number of aliphatic hydroxyl groups excluding tert-OH is 1. The molecular weight excluding hydrogens is 207 g/mol. The van der Waals surface area contributed by atoms with Crippen molar-refractivity contribution in [2.75, 3.05) is 0 Å². The summed E-state index contributed by atoms with van der Waals surface area (Å²) in [6, 6.07) is 0.773. The predicted octanol–water partition coefficient (Wildman–Crippen LogP) is 2.25. The van der Waals surface area contributed by atoms with E-state index in [1.54, 1.807) is 0 Å². The Morgan fingerprint density at radius 3 is 2.54 bits per heavy atom. The molecule has 1 heterocycles. The van der Waals surface area contributed by atoms with Crippen LogP contribution in [-0.2, 0) is 12.8 Å². The molecule has 0 saturated carbocycles. The van der Waals surface area contributed by atoms with Crippen LogP contribution in [0.3, 0.4) is 0 Å². The lowest BCUT2D eigenvalue weighted by atomic mass is 10.2. The minimum Gasteiger partial charge on any atom is -0.392 e. The number of rotatable bonds is 1. The van der Waals surface area contributed by atoms with Crippen LogP contribution in [0.15, 0.2) is 12.3 Å². The van der Waals surface area contributed by atoms with E-state index in [-0.39, 0.29) is 5.56 Å². The first-order valence-electron chi connectivity index (χ1n) is 3.27. The van der Waals surface area contributed by atoms with Gasteiger partial charge in [-0.2, -0.15) is 13.2 Å². The molecule has 1 rings (SSSR count). The minimum atomic E-state index is -4.53. The lowest BCUT2D eigenvalue weighted by Crippen LogP contribution is -2.07. The standard InChI is InChI=1S/C7H5ClF3NO/c8-6-5(7(9,10)11)1-4(3-13)2-12-6/h1-2,13H,3H2. The smallest absolute Gasteiger partial charge is 0.392 e. The van der Waals surface area contributed by atoms with Crippen molar-refractivity contribution in [1.82, 2.24) is 4.98 Å². The zero-order valence-corrected chi connectivity index (χ0v) is 7.02. The number of nitrogens with zero attached hydrogens (tertiary/aromatic N) is 1. The van der Waals surface area contributed by atoms with E-state index >= 15 is 0 Å². The summed E-state index contributed by atoms with van der Waals surface area (Å²) in [5.41, 5.74) is -0.947. The summed E-state index contributed by atoms with van der Waals surface area (Å²) in [6.45, 7) is -0.493. The monoisotopic (exact) mass is 211 g/mol. The highest BCUT2D eigenvalue weighted by Gasteiger charge is 2.34. The zero-order chi connectivity index (χ0) is 10.1. The number of hydrogen-bond acceptors (Lipinski definition) is 2. The number of halogens is 4. The second-order valence-electron chi connectivity index (χ2n) is 2.34. The first-order valence-corrected chi connectivity index (χ1v) is 3.65. The molecule has 0 aliphatic carbocycles. The number of aliphatic hydroxyl groups is 1. The average molecular weight is 212 g/mol. The summed E-state index contributed by atoms with van der Waals surface area (Å²) >= 11 is 5.23. The van der Waals surface area contributed by atoms with Crippen LogP contribution < -0.4 is 0 Å². The van der Waals surface area contributed by atoms with Gasteiger partial charge in [0.1, 0.15) is 5.15 Å². The SMILES string of the molecule is OCc1cnc(Cl)c(C(F)(F)F)c1. The molecule has 1 aromatic heterocycles. The van der Waals surface area contributed by atoms with E-state index < -0.39 is 23.5 Å². The highest BCUT2D eigenvalue weighted by molar-refractivity contribution is 6.30. The summed E-state index contributed by atoms with van der Waals surface area (Å²) in [5.74, 6) is 0. The first-order chi connectivity index (χ1) is 5.95. The van der Waals surface area contributed by atoms with E-state index in [0.717, 1.165) is 12.3 Å². The van der Waals surface area contributed by atoms with Crippen molar-refractivity contribution in [3.05, 3.63) is 28.5 Å². The Morgan fingerprint density at radius 2 is 2.08 bits per heavy atom. The van der Waals surface area contributed by atoms with Crippen LogP contribution in [0, 0.1) is 0 Å². The molecule has 0 radical (unpaired) electrons. The molecule has 72 valence electrons. The molecule has 0 aliphatic rings. The quantitative estimate of drug-likeness (QED) is 0.723. The summed E-state index contributed by atoms with van der Waals surface area (Å²) < 4.78 is 36.5. The molecule has 2 nitrogen and oxygen atoms in total. The molecule has 13 heavy (non-hydrogen) atoms. The highest BCUT2D eigenvalue weighted by Crippen LogP contribution is 2.33. The van der Waals surface area contributed by atoms with Gasteiger partial charge in [0.05, 0.1) is 12.2 Å². The predicted molar refractivity (Wildman–Crippen MR) is 40.2 cm³/mol. The Labute approximate surface area is 77.0 Å². The van der Waals surface area contributed by atoms with Crippen molar-refractivity contribution in [2.24, 2.45) is 0 Å². The van der Waals surface area contributed by atoms with Gasteiger partial charge in [0.15, 0.2) is 0 Å². The Balaban J connectivity index is 3.19. The van der Waals surface area contributed by atoms with Crippen LogP contribution in [0.4, 0.5) is 13.2 Å². The third-order valence-corrected chi connectivity index (χ3v) is 1.68. The summed E-state index contributed by atoms with van der Waals surface area (Å²) in [4.78, 5) is 3.30. The van der Waals surface area contributed by atoms with Crippen molar-refractivity contribution in [3.63, 3.8) is 0 Å².